The van der Waals surface area contributed by atoms with Crippen LogP contribution in [-0.2, 0) is 20.9 Å². The Kier molecular flexibility index (Phi) is 4.77. The monoisotopic (exact) mass is 275 g/mol. The third-order valence-electron chi connectivity index (χ3n) is 3.85. The Bertz CT molecular complexity index is 464. The summed E-state index contributed by atoms with van der Waals surface area (Å²) in [5.41, 5.74) is 0.0583. The van der Waals surface area contributed by atoms with Gasteiger partial charge in [0.25, 0.3) is 0 Å². The maximum Gasteiger partial charge on any atom is 0.321 e. The fourth-order valence-electron chi connectivity index (χ4n) is 2.72. The van der Waals surface area contributed by atoms with E-state index in [-0.39, 0.29) is 11.9 Å². The minimum atomic E-state index is -0.967. The molecule has 108 valence electrons. The highest BCUT2D eigenvalue weighted by Gasteiger charge is 2.49. The van der Waals surface area contributed by atoms with Gasteiger partial charge in [0.05, 0.1) is 6.61 Å². The summed E-state index contributed by atoms with van der Waals surface area (Å²) in [7, 11) is 0. The molecule has 1 aliphatic rings. The van der Waals surface area contributed by atoms with Gasteiger partial charge in [-0.1, -0.05) is 43.2 Å². The average molecular weight is 275 g/mol. The zero-order valence-electron chi connectivity index (χ0n) is 11.9. The number of benzene rings is 1. The molecule has 2 rings (SSSR count). The van der Waals surface area contributed by atoms with E-state index in [9.17, 15) is 9.59 Å². The van der Waals surface area contributed by atoms with E-state index in [4.69, 9.17) is 4.74 Å². The van der Waals surface area contributed by atoms with Crippen LogP contribution in [0.4, 0.5) is 0 Å². The summed E-state index contributed by atoms with van der Waals surface area (Å²) in [4.78, 5) is 24.6. The van der Waals surface area contributed by atoms with Gasteiger partial charge < -0.3 is 10.1 Å². The summed E-state index contributed by atoms with van der Waals surface area (Å²) >= 11 is 0. The van der Waals surface area contributed by atoms with E-state index in [1.165, 1.54) is 0 Å². The van der Waals surface area contributed by atoms with Crippen LogP contribution in [0.25, 0.3) is 0 Å². The van der Waals surface area contributed by atoms with Crippen LogP contribution in [0.5, 0.6) is 0 Å². The van der Waals surface area contributed by atoms with Crippen LogP contribution in [-0.4, -0.2) is 18.5 Å². The number of amides is 1. The van der Waals surface area contributed by atoms with Crippen molar-refractivity contribution in [1.29, 1.82) is 0 Å². The van der Waals surface area contributed by atoms with E-state index in [2.05, 4.69) is 5.32 Å². The van der Waals surface area contributed by atoms with Gasteiger partial charge >= 0.3 is 5.97 Å². The Morgan fingerprint density at radius 1 is 1.20 bits per heavy atom. The molecule has 1 aromatic rings. The molecule has 1 fully saturated rings. The standard InChI is InChI=1S/C16H21NO3/c1-2-20-15(19)16(10-6-7-11-16)14(18)17-12-13-8-4-3-5-9-13/h3-5,8-9H,2,6-7,10-12H2,1H3,(H,17,18). The third kappa shape index (κ3) is 3.00. The van der Waals surface area contributed by atoms with Crippen molar-refractivity contribution in [3.63, 3.8) is 0 Å². The van der Waals surface area contributed by atoms with Crippen LogP contribution in [0.3, 0.4) is 0 Å². The second-order valence-electron chi connectivity index (χ2n) is 5.18. The molecular weight excluding hydrogens is 254 g/mol. The van der Waals surface area contributed by atoms with E-state index < -0.39 is 5.41 Å². The van der Waals surface area contributed by atoms with Crippen molar-refractivity contribution in [2.75, 3.05) is 6.61 Å². The van der Waals surface area contributed by atoms with Gasteiger partial charge in [-0.3, -0.25) is 9.59 Å². The zero-order chi connectivity index (χ0) is 14.4. The van der Waals surface area contributed by atoms with Crippen LogP contribution >= 0.6 is 0 Å². The fourth-order valence-corrected chi connectivity index (χ4v) is 2.72. The Balaban J connectivity index is 2.02. The number of carbonyl (C=O) groups excluding carboxylic acids is 2. The van der Waals surface area contributed by atoms with Gasteiger partial charge in [0.15, 0.2) is 0 Å². The molecule has 0 atom stereocenters. The molecular formula is C16H21NO3. The quantitative estimate of drug-likeness (QED) is 0.663. The van der Waals surface area contributed by atoms with Crippen molar-refractivity contribution in [2.24, 2.45) is 5.41 Å². The summed E-state index contributed by atoms with van der Waals surface area (Å²) < 4.78 is 5.10. The zero-order valence-corrected chi connectivity index (χ0v) is 11.9. The molecule has 0 radical (unpaired) electrons. The first-order valence-corrected chi connectivity index (χ1v) is 7.18. The number of ether oxygens (including phenoxy) is 1. The molecule has 1 amide bonds. The number of carbonyl (C=O) groups is 2. The second kappa shape index (κ2) is 6.55. The van der Waals surface area contributed by atoms with Gasteiger partial charge in [-0.25, -0.2) is 0 Å². The largest absolute Gasteiger partial charge is 0.465 e. The lowest BCUT2D eigenvalue weighted by Gasteiger charge is -2.25. The molecule has 0 aliphatic heterocycles. The summed E-state index contributed by atoms with van der Waals surface area (Å²) in [6, 6.07) is 9.69. The van der Waals surface area contributed by atoms with Gasteiger partial charge in [-0.2, -0.15) is 0 Å². The van der Waals surface area contributed by atoms with Crippen molar-refractivity contribution in [3.8, 4) is 0 Å². The van der Waals surface area contributed by atoms with Gasteiger partial charge in [0.2, 0.25) is 5.91 Å². The molecule has 0 unspecified atom stereocenters. The molecule has 0 saturated heterocycles. The molecule has 4 nitrogen and oxygen atoms in total. The van der Waals surface area contributed by atoms with Crippen molar-refractivity contribution >= 4 is 11.9 Å². The third-order valence-corrected chi connectivity index (χ3v) is 3.85. The molecule has 1 aliphatic carbocycles. The number of rotatable bonds is 5. The Morgan fingerprint density at radius 2 is 1.85 bits per heavy atom. The van der Waals surface area contributed by atoms with Crippen molar-refractivity contribution in [1.82, 2.24) is 5.32 Å². The van der Waals surface area contributed by atoms with Gasteiger partial charge in [-0.05, 0) is 25.3 Å². The lowest BCUT2D eigenvalue weighted by Crippen LogP contribution is -2.45. The van der Waals surface area contributed by atoms with Crippen LogP contribution in [0.15, 0.2) is 30.3 Å². The second-order valence-corrected chi connectivity index (χ2v) is 5.18. The minimum absolute atomic E-state index is 0.197. The highest BCUT2D eigenvalue weighted by atomic mass is 16.5. The number of nitrogens with one attached hydrogen (secondary N) is 1. The lowest BCUT2D eigenvalue weighted by molar-refractivity contribution is -0.160. The van der Waals surface area contributed by atoms with Gasteiger partial charge in [0, 0.05) is 6.54 Å². The fraction of sp³-hybridized carbons (Fsp3) is 0.500. The normalized spacial score (nSPS) is 16.6. The Labute approximate surface area is 119 Å². The predicted octanol–water partition coefficient (Wildman–Crippen LogP) is 2.43. The van der Waals surface area contributed by atoms with E-state index in [0.29, 0.717) is 26.0 Å². The molecule has 1 saturated carbocycles. The summed E-state index contributed by atoms with van der Waals surface area (Å²) in [6.45, 7) is 2.52. The van der Waals surface area contributed by atoms with Crippen LogP contribution in [0, 0.1) is 5.41 Å². The predicted molar refractivity (Wildman–Crippen MR) is 75.8 cm³/mol. The van der Waals surface area contributed by atoms with Crippen molar-refractivity contribution in [3.05, 3.63) is 35.9 Å². The summed E-state index contributed by atoms with van der Waals surface area (Å²) in [5.74, 6) is -0.569. The first-order chi connectivity index (χ1) is 9.69. The van der Waals surface area contributed by atoms with Crippen LogP contribution < -0.4 is 5.32 Å². The maximum absolute atomic E-state index is 12.4. The van der Waals surface area contributed by atoms with Gasteiger partial charge in [-0.15, -0.1) is 0 Å². The Hall–Kier alpha value is -1.84. The highest BCUT2D eigenvalue weighted by Crippen LogP contribution is 2.39. The average Bonchev–Trinajstić information content (AvgIpc) is 2.97. The van der Waals surface area contributed by atoms with E-state index in [1.54, 1.807) is 6.92 Å². The molecule has 0 spiro atoms. The molecule has 1 N–H and O–H groups in total. The SMILES string of the molecule is CCOC(=O)C1(C(=O)NCc2ccccc2)CCCC1. The first-order valence-electron chi connectivity index (χ1n) is 7.18. The minimum Gasteiger partial charge on any atom is -0.465 e. The topological polar surface area (TPSA) is 55.4 Å². The maximum atomic E-state index is 12.4. The van der Waals surface area contributed by atoms with Crippen molar-refractivity contribution < 1.29 is 14.3 Å². The van der Waals surface area contributed by atoms with E-state index in [1.807, 2.05) is 30.3 Å². The Morgan fingerprint density at radius 3 is 2.45 bits per heavy atom. The lowest BCUT2D eigenvalue weighted by atomic mass is 9.85. The number of esters is 1. The number of hydrogen-bond donors (Lipinski definition) is 1. The smallest absolute Gasteiger partial charge is 0.321 e. The van der Waals surface area contributed by atoms with Crippen molar-refractivity contribution in [2.45, 2.75) is 39.2 Å². The first kappa shape index (κ1) is 14.6. The molecule has 20 heavy (non-hydrogen) atoms. The van der Waals surface area contributed by atoms with E-state index >= 15 is 0 Å². The molecule has 0 aromatic heterocycles. The highest BCUT2D eigenvalue weighted by molar-refractivity contribution is 6.03. The molecule has 1 aromatic carbocycles. The van der Waals surface area contributed by atoms with Crippen LogP contribution in [0.2, 0.25) is 0 Å². The molecule has 0 heterocycles. The molecule has 4 heteroatoms. The van der Waals surface area contributed by atoms with Crippen LogP contribution in [0.1, 0.15) is 38.2 Å². The van der Waals surface area contributed by atoms with E-state index in [0.717, 1.165) is 18.4 Å². The number of hydrogen-bond acceptors (Lipinski definition) is 3. The summed E-state index contributed by atoms with van der Waals surface area (Å²) in [6.07, 6.45) is 2.98. The summed E-state index contributed by atoms with van der Waals surface area (Å²) in [5, 5.41) is 2.88. The van der Waals surface area contributed by atoms with Gasteiger partial charge in [0.1, 0.15) is 5.41 Å². The molecule has 0 bridgehead atoms.